The molecule has 0 spiro atoms. The van der Waals surface area contributed by atoms with E-state index in [0.29, 0.717) is 36.6 Å². The maximum absolute atomic E-state index is 14.8. The van der Waals surface area contributed by atoms with E-state index in [2.05, 4.69) is 18.4 Å². The lowest BCUT2D eigenvalue weighted by atomic mass is 9.90. The van der Waals surface area contributed by atoms with Gasteiger partial charge in [-0.25, -0.2) is 4.39 Å². The highest BCUT2D eigenvalue weighted by Crippen LogP contribution is 2.40. The van der Waals surface area contributed by atoms with Gasteiger partial charge in [-0.15, -0.1) is 0 Å². The average molecular weight is 469 g/mol. The maximum atomic E-state index is 14.8. The number of alkyl halides is 6. The summed E-state index contributed by atoms with van der Waals surface area (Å²) in [5, 5.41) is 0. The van der Waals surface area contributed by atoms with Gasteiger partial charge in [0.25, 0.3) is 0 Å². The van der Waals surface area contributed by atoms with Crippen molar-refractivity contribution in [1.29, 1.82) is 0 Å². The first-order valence-electron chi connectivity index (χ1n) is 10.3. The fourth-order valence-corrected chi connectivity index (χ4v) is 3.98. The Bertz CT molecular complexity index is 1060. The normalized spacial score (nSPS) is 18.4. The predicted octanol–water partition coefficient (Wildman–Crippen LogP) is 7.71. The molecule has 1 heterocycles. The van der Waals surface area contributed by atoms with E-state index >= 15 is 0 Å². The zero-order valence-corrected chi connectivity index (χ0v) is 17.8. The molecule has 1 fully saturated rings. The molecule has 1 aliphatic rings. The largest absolute Gasteiger partial charge is 0.416 e. The van der Waals surface area contributed by atoms with E-state index in [9.17, 15) is 30.7 Å². The lowest BCUT2D eigenvalue weighted by molar-refractivity contribution is -0.138. The Labute approximate surface area is 187 Å². The van der Waals surface area contributed by atoms with Gasteiger partial charge in [0.15, 0.2) is 0 Å². The summed E-state index contributed by atoms with van der Waals surface area (Å²) in [6.45, 7) is 5.70. The Kier molecular flexibility index (Phi) is 7.23. The topological polar surface area (TPSA) is 3.24 Å². The Morgan fingerprint density at radius 3 is 2.15 bits per heavy atom. The average Bonchev–Trinajstić information content (AvgIpc) is 2.74. The Morgan fingerprint density at radius 1 is 0.970 bits per heavy atom. The van der Waals surface area contributed by atoms with Crippen LogP contribution < -0.4 is 0 Å². The molecule has 1 aliphatic heterocycles. The van der Waals surface area contributed by atoms with Crippen molar-refractivity contribution in [1.82, 2.24) is 4.90 Å². The molecule has 2 atom stereocenters. The zero-order chi connectivity index (χ0) is 24.4. The van der Waals surface area contributed by atoms with Crippen molar-refractivity contribution in [3.05, 3.63) is 82.7 Å². The number of hydrogen-bond donors (Lipinski definition) is 0. The second-order valence-electron chi connectivity index (χ2n) is 8.06. The van der Waals surface area contributed by atoms with Crippen LogP contribution in [-0.2, 0) is 12.4 Å². The highest BCUT2D eigenvalue weighted by atomic mass is 19.4. The summed E-state index contributed by atoms with van der Waals surface area (Å²) < 4.78 is 93.7. The summed E-state index contributed by atoms with van der Waals surface area (Å²) in [4.78, 5) is 1.76. The first kappa shape index (κ1) is 24.8. The highest BCUT2D eigenvalue weighted by molar-refractivity contribution is 5.38. The van der Waals surface area contributed by atoms with Crippen LogP contribution in [0.25, 0.3) is 0 Å². The molecule has 0 aromatic heterocycles. The van der Waals surface area contributed by atoms with E-state index in [0.717, 1.165) is 30.7 Å². The minimum Gasteiger partial charge on any atom is -0.279 e. The molecule has 0 saturated carbocycles. The second kappa shape index (κ2) is 9.60. The van der Waals surface area contributed by atoms with Crippen molar-refractivity contribution in [3.63, 3.8) is 0 Å². The predicted molar refractivity (Wildman–Crippen MR) is 111 cm³/mol. The van der Waals surface area contributed by atoms with Crippen molar-refractivity contribution in [2.45, 2.75) is 50.6 Å². The molecule has 3 rings (SSSR count). The molecule has 2 aromatic carbocycles. The summed E-state index contributed by atoms with van der Waals surface area (Å²) >= 11 is 0. The van der Waals surface area contributed by atoms with Crippen LogP contribution in [0.4, 0.5) is 30.7 Å². The van der Waals surface area contributed by atoms with Crippen LogP contribution in [-0.4, -0.2) is 11.4 Å². The van der Waals surface area contributed by atoms with Crippen LogP contribution in [0.1, 0.15) is 60.5 Å². The van der Waals surface area contributed by atoms with Gasteiger partial charge in [-0.3, -0.25) is 4.90 Å². The fourth-order valence-electron chi connectivity index (χ4n) is 3.98. The number of likely N-dealkylation sites (tertiary alicyclic amines) is 1. The monoisotopic (exact) mass is 469 g/mol. The van der Waals surface area contributed by atoms with Crippen molar-refractivity contribution in [3.8, 4) is 11.8 Å². The number of rotatable bonds is 3. The summed E-state index contributed by atoms with van der Waals surface area (Å²) in [5.41, 5.74) is -0.995. The first-order valence-corrected chi connectivity index (χ1v) is 10.3. The summed E-state index contributed by atoms with van der Waals surface area (Å²) in [5.74, 6) is 4.76. The summed E-state index contributed by atoms with van der Waals surface area (Å²) in [7, 11) is 0. The van der Waals surface area contributed by atoms with Crippen LogP contribution in [0.15, 0.2) is 54.6 Å². The molecular weight excluding hydrogens is 447 g/mol. The minimum atomic E-state index is -4.66. The van der Waals surface area contributed by atoms with Gasteiger partial charge in [0.2, 0.25) is 0 Å². The lowest BCUT2D eigenvalue weighted by Gasteiger charge is -2.40. The molecule has 2 aromatic rings. The van der Waals surface area contributed by atoms with E-state index < -0.39 is 41.4 Å². The molecule has 0 N–H and O–H groups in total. The molecule has 1 saturated heterocycles. The quantitative estimate of drug-likeness (QED) is 0.329. The van der Waals surface area contributed by atoms with Gasteiger partial charge in [0, 0.05) is 18.2 Å². The van der Waals surface area contributed by atoms with E-state index in [1.54, 1.807) is 11.8 Å². The third-order valence-electron chi connectivity index (χ3n) is 5.54. The van der Waals surface area contributed by atoms with Gasteiger partial charge >= 0.3 is 12.4 Å². The SMILES string of the molecule is C=C(C)C#C[C@@H](c1cc(C(F)(F)F)ccc1F)N1CCCC[C@H]1c1ccc(C(F)(F)F)cc1. The van der Waals surface area contributed by atoms with Crippen LogP contribution in [0.3, 0.4) is 0 Å². The first-order chi connectivity index (χ1) is 15.4. The summed E-state index contributed by atoms with van der Waals surface area (Å²) in [6.07, 6.45) is -7.13. The molecule has 8 heteroatoms. The molecule has 0 unspecified atom stereocenters. The smallest absolute Gasteiger partial charge is 0.279 e. The van der Waals surface area contributed by atoms with Gasteiger partial charge in [0.1, 0.15) is 11.9 Å². The summed E-state index contributed by atoms with van der Waals surface area (Å²) in [6, 6.07) is 5.40. The van der Waals surface area contributed by atoms with Gasteiger partial charge in [-0.2, -0.15) is 26.3 Å². The second-order valence-corrected chi connectivity index (χ2v) is 8.06. The number of nitrogens with zero attached hydrogens (tertiary/aromatic N) is 1. The van der Waals surface area contributed by atoms with Gasteiger partial charge in [-0.05, 0) is 61.2 Å². The van der Waals surface area contributed by atoms with Crippen molar-refractivity contribution in [2.75, 3.05) is 6.54 Å². The molecule has 33 heavy (non-hydrogen) atoms. The Morgan fingerprint density at radius 2 is 1.58 bits per heavy atom. The molecule has 176 valence electrons. The standard InChI is InChI=1S/C25H22F7N/c1-16(2)6-13-23(20-15-19(25(30,31)32)11-12-21(20)26)33-14-4-3-5-22(33)17-7-9-18(10-8-17)24(27,28)29/h7-12,15,22-23H,1,3-5,14H2,2H3/t22-,23-/m0/s1. The van der Waals surface area contributed by atoms with Gasteiger partial charge in [0.05, 0.1) is 11.1 Å². The highest BCUT2D eigenvalue weighted by Gasteiger charge is 2.36. The van der Waals surface area contributed by atoms with Gasteiger partial charge < -0.3 is 0 Å². The van der Waals surface area contributed by atoms with Crippen LogP contribution >= 0.6 is 0 Å². The molecule has 0 radical (unpaired) electrons. The number of allylic oxidation sites excluding steroid dienone is 1. The zero-order valence-electron chi connectivity index (χ0n) is 17.8. The van der Waals surface area contributed by atoms with Crippen molar-refractivity contribution in [2.24, 2.45) is 0 Å². The van der Waals surface area contributed by atoms with Crippen LogP contribution in [0.5, 0.6) is 0 Å². The fraction of sp³-hybridized carbons (Fsp3) is 0.360. The van der Waals surface area contributed by atoms with E-state index in [1.807, 2.05) is 0 Å². The number of halogens is 7. The molecular formula is C25H22F7N. The van der Waals surface area contributed by atoms with Crippen molar-refractivity contribution >= 4 is 0 Å². The molecule has 1 nitrogen and oxygen atoms in total. The molecule has 0 amide bonds. The molecule has 0 bridgehead atoms. The number of hydrogen-bond acceptors (Lipinski definition) is 1. The minimum absolute atomic E-state index is 0.225. The maximum Gasteiger partial charge on any atom is 0.416 e. The van der Waals surface area contributed by atoms with Crippen LogP contribution in [0.2, 0.25) is 0 Å². The Balaban J connectivity index is 2.08. The van der Waals surface area contributed by atoms with E-state index in [4.69, 9.17) is 0 Å². The number of piperidine rings is 1. The third kappa shape index (κ3) is 5.97. The van der Waals surface area contributed by atoms with Crippen molar-refractivity contribution < 1.29 is 30.7 Å². The van der Waals surface area contributed by atoms with E-state index in [-0.39, 0.29) is 5.56 Å². The Hall–Kier alpha value is -2.79. The van der Waals surface area contributed by atoms with Gasteiger partial charge in [-0.1, -0.05) is 37.0 Å². The van der Waals surface area contributed by atoms with Crippen LogP contribution in [0, 0.1) is 17.7 Å². The molecule has 0 aliphatic carbocycles. The number of benzene rings is 2. The third-order valence-corrected chi connectivity index (χ3v) is 5.54. The lowest BCUT2D eigenvalue weighted by Crippen LogP contribution is -2.36. The van der Waals surface area contributed by atoms with E-state index in [1.165, 1.54) is 12.1 Å².